The van der Waals surface area contributed by atoms with Crippen LogP contribution in [0.1, 0.15) is 29.7 Å². The summed E-state index contributed by atoms with van der Waals surface area (Å²) in [6.45, 7) is 3.34. The molecule has 2 aromatic heterocycles. The fourth-order valence-electron chi connectivity index (χ4n) is 4.06. The van der Waals surface area contributed by atoms with Gasteiger partial charge in [-0.3, -0.25) is 4.98 Å². The molecule has 1 aliphatic rings. The van der Waals surface area contributed by atoms with E-state index in [0.717, 1.165) is 72.4 Å². The smallest absolute Gasteiger partial charge is 0.423 e. The van der Waals surface area contributed by atoms with Gasteiger partial charge in [-0.1, -0.05) is 0 Å². The minimum Gasteiger partial charge on any atom is -0.497 e. The van der Waals surface area contributed by atoms with Crippen LogP contribution >= 0.6 is 11.3 Å². The van der Waals surface area contributed by atoms with Crippen LogP contribution in [0.15, 0.2) is 29.8 Å². The Labute approximate surface area is 189 Å². The molecule has 9 nitrogen and oxygen atoms in total. The number of nitrogens with zero attached hydrogens (tertiary/aromatic N) is 5. The third-order valence-corrected chi connectivity index (χ3v) is 6.68. The first-order chi connectivity index (χ1) is 15.6. The summed E-state index contributed by atoms with van der Waals surface area (Å²) < 4.78 is 5.36. The van der Waals surface area contributed by atoms with E-state index in [1.165, 1.54) is 0 Å². The zero-order chi connectivity index (χ0) is 22.5. The van der Waals surface area contributed by atoms with Crippen LogP contribution in [0.2, 0.25) is 0 Å². The molecular formula is C22H24N6O3S. The number of nitrogens with one attached hydrogen (secondary N) is 1. The third kappa shape index (κ3) is 5.02. The lowest BCUT2D eigenvalue weighted by atomic mass is 9.99. The second-order valence-corrected chi connectivity index (χ2v) is 8.61. The molecule has 0 unspecified atom stereocenters. The molecule has 0 amide bonds. The number of ether oxygens (including phenoxy) is 1. The molecule has 0 atom stereocenters. The van der Waals surface area contributed by atoms with Crippen molar-refractivity contribution >= 4 is 27.4 Å². The van der Waals surface area contributed by atoms with Crippen molar-refractivity contribution in [2.75, 3.05) is 26.7 Å². The lowest BCUT2D eigenvalue weighted by Gasteiger charge is -2.32. The van der Waals surface area contributed by atoms with Crippen LogP contribution in [0.5, 0.6) is 5.75 Å². The van der Waals surface area contributed by atoms with E-state index in [9.17, 15) is 15.4 Å². The summed E-state index contributed by atoms with van der Waals surface area (Å²) in [5, 5.41) is 26.5. The molecule has 3 heterocycles. The van der Waals surface area contributed by atoms with Crippen molar-refractivity contribution in [3.63, 3.8) is 0 Å². The Kier molecular flexibility index (Phi) is 6.90. The molecule has 32 heavy (non-hydrogen) atoms. The molecule has 0 saturated carbocycles. The summed E-state index contributed by atoms with van der Waals surface area (Å²) in [6, 6.07) is 8.41. The van der Waals surface area contributed by atoms with Gasteiger partial charge in [0.2, 0.25) is 0 Å². The number of thiazole rings is 1. The predicted molar refractivity (Wildman–Crippen MR) is 122 cm³/mol. The summed E-state index contributed by atoms with van der Waals surface area (Å²) in [4.78, 5) is 21.2. The van der Waals surface area contributed by atoms with E-state index in [2.05, 4.69) is 26.3 Å². The van der Waals surface area contributed by atoms with E-state index in [-0.39, 0.29) is 5.13 Å². The fourth-order valence-corrected chi connectivity index (χ4v) is 4.69. The lowest BCUT2D eigenvalue weighted by Crippen LogP contribution is -2.42. The number of piperidine rings is 1. The first-order valence-electron chi connectivity index (χ1n) is 10.5. The number of benzene rings is 1. The molecule has 10 heteroatoms. The van der Waals surface area contributed by atoms with Gasteiger partial charge in [-0.05, 0) is 77.4 Å². The van der Waals surface area contributed by atoms with Gasteiger partial charge in [-0.2, -0.15) is 5.26 Å². The van der Waals surface area contributed by atoms with E-state index < -0.39 is 4.92 Å². The average molecular weight is 453 g/mol. The number of likely N-dealkylation sites (tertiary alicyclic amines) is 1. The molecule has 1 N–H and O–H groups in total. The van der Waals surface area contributed by atoms with E-state index in [1.807, 2.05) is 18.2 Å². The molecule has 0 radical (unpaired) electrons. The first-order valence-corrected chi connectivity index (χ1v) is 11.4. The van der Waals surface area contributed by atoms with Crippen LogP contribution in [0.25, 0.3) is 10.9 Å². The van der Waals surface area contributed by atoms with E-state index >= 15 is 0 Å². The second kappa shape index (κ2) is 9.99. The maximum Gasteiger partial charge on any atom is 0.423 e. The van der Waals surface area contributed by atoms with Crippen molar-refractivity contribution in [3.05, 3.63) is 56.7 Å². The van der Waals surface area contributed by atoms with Gasteiger partial charge in [0.25, 0.3) is 0 Å². The number of rotatable bonds is 8. The largest absolute Gasteiger partial charge is 0.497 e. The molecule has 1 aliphatic heterocycles. The van der Waals surface area contributed by atoms with Crippen molar-refractivity contribution < 1.29 is 9.66 Å². The molecule has 1 saturated heterocycles. The van der Waals surface area contributed by atoms with Crippen LogP contribution in [-0.4, -0.2) is 52.6 Å². The van der Waals surface area contributed by atoms with E-state index in [4.69, 9.17) is 4.74 Å². The van der Waals surface area contributed by atoms with Gasteiger partial charge in [0, 0.05) is 29.5 Å². The summed E-state index contributed by atoms with van der Waals surface area (Å²) >= 11 is 1.06. The van der Waals surface area contributed by atoms with Crippen molar-refractivity contribution in [2.45, 2.75) is 31.8 Å². The molecule has 0 bridgehead atoms. The standard InChI is InChI=1S/C22H24N6O3S/c1-31-18-2-3-21-20(10-18)19(15(11-23)12-25-21)6-9-27-7-4-16(5-8-27)24-13-17-14-32-22(26-17)28(29)30/h2-3,10,12,14,16,24H,4-9,13H2,1H3. The summed E-state index contributed by atoms with van der Waals surface area (Å²) in [5.74, 6) is 0.757. The van der Waals surface area contributed by atoms with Crippen LogP contribution in [0.3, 0.4) is 0 Å². The summed E-state index contributed by atoms with van der Waals surface area (Å²) in [6.07, 6.45) is 4.43. The number of fused-ring (bicyclic) bond motifs is 1. The molecule has 166 valence electrons. The Morgan fingerprint density at radius 1 is 1.41 bits per heavy atom. The van der Waals surface area contributed by atoms with Gasteiger partial charge in [0.15, 0.2) is 5.69 Å². The van der Waals surface area contributed by atoms with Gasteiger partial charge in [-0.15, -0.1) is 0 Å². The highest BCUT2D eigenvalue weighted by Crippen LogP contribution is 2.26. The monoisotopic (exact) mass is 452 g/mol. The first kappa shape index (κ1) is 22.1. The molecule has 4 rings (SSSR count). The molecule has 1 fully saturated rings. The SMILES string of the molecule is COc1ccc2ncc(C#N)c(CCN3CCC(NCc4csc([N+](=O)[O-])n4)CC3)c2c1. The van der Waals surface area contributed by atoms with Gasteiger partial charge < -0.3 is 25.1 Å². The average Bonchev–Trinajstić information content (AvgIpc) is 3.31. The van der Waals surface area contributed by atoms with Crippen molar-refractivity contribution in [1.82, 2.24) is 20.2 Å². The number of hydrogen-bond acceptors (Lipinski definition) is 9. The normalized spacial score (nSPS) is 15.0. The summed E-state index contributed by atoms with van der Waals surface area (Å²) in [5.41, 5.74) is 3.21. The Balaban J connectivity index is 1.32. The highest BCUT2D eigenvalue weighted by Gasteiger charge is 2.21. The molecule has 0 aliphatic carbocycles. The van der Waals surface area contributed by atoms with Gasteiger partial charge in [0.05, 0.1) is 24.7 Å². The maximum atomic E-state index is 10.8. The Bertz CT molecular complexity index is 1150. The number of nitriles is 1. The summed E-state index contributed by atoms with van der Waals surface area (Å²) in [7, 11) is 1.64. The quantitative estimate of drug-likeness (QED) is 0.409. The Morgan fingerprint density at radius 2 is 2.22 bits per heavy atom. The zero-order valence-electron chi connectivity index (χ0n) is 17.8. The van der Waals surface area contributed by atoms with Crippen LogP contribution in [0, 0.1) is 21.4 Å². The minimum atomic E-state index is -0.452. The second-order valence-electron chi connectivity index (χ2n) is 7.77. The van der Waals surface area contributed by atoms with Crippen molar-refractivity contribution in [1.29, 1.82) is 5.26 Å². The number of nitro groups is 1. The fraction of sp³-hybridized carbons (Fsp3) is 0.409. The van der Waals surface area contributed by atoms with E-state index in [0.29, 0.717) is 23.8 Å². The lowest BCUT2D eigenvalue weighted by molar-refractivity contribution is -0.384. The van der Waals surface area contributed by atoms with Crippen LogP contribution < -0.4 is 10.1 Å². The molecular weight excluding hydrogens is 428 g/mol. The Morgan fingerprint density at radius 3 is 2.91 bits per heavy atom. The van der Waals surface area contributed by atoms with Crippen LogP contribution in [0.4, 0.5) is 5.13 Å². The van der Waals surface area contributed by atoms with Crippen molar-refractivity contribution in [2.24, 2.45) is 0 Å². The number of pyridine rings is 1. The molecule has 1 aromatic carbocycles. The third-order valence-electron chi connectivity index (χ3n) is 5.84. The number of hydrogen-bond donors (Lipinski definition) is 1. The minimum absolute atomic E-state index is 0.0605. The number of methoxy groups -OCH3 is 1. The molecule has 3 aromatic rings. The predicted octanol–water partition coefficient (Wildman–Crippen LogP) is 3.28. The van der Waals surface area contributed by atoms with Gasteiger partial charge in [-0.25, -0.2) is 0 Å². The zero-order valence-corrected chi connectivity index (χ0v) is 18.6. The van der Waals surface area contributed by atoms with Crippen LogP contribution in [-0.2, 0) is 13.0 Å². The van der Waals surface area contributed by atoms with Gasteiger partial charge in [0.1, 0.15) is 11.8 Å². The number of aromatic nitrogens is 2. The van der Waals surface area contributed by atoms with Gasteiger partial charge >= 0.3 is 5.13 Å². The topological polar surface area (TPSA) is 117 Å². The Hall–Kier alpha value is -3.13. The molecule has 0 spiro atoms. The maximum absolute atomic E-state index is 10.8. The highest BCUT2D eigenvalue weighted by atomic mass is 32.1. The highest BCUT2D eigenvalue weighted by molar-refractivity contribution is 7.12. The van der Waals surface area contributed by atoms with Crippen molar-refractivity contribution in [3.8, 4) is 11.8 Å². The van der Waals surface area contributed by atoms with E-state index in [1.54, 1.807) is 18.7 Å².